The Balaban J connectivity index is 0.000000252. The number of benzene rings is 16. The molecule has 4 unspecified atom stereocenters. The largest absolute Gasteiger partial charge is 0.506 e. The van der Waals surface area contributed by atoms with E-state index < -0.39 is 9.85 Å². The number of phenols is 4. The van der Waals surface area contributed by atoms with Crippen LogP contribution in [0.5, 0.6) is 23.0 Å². The second-order valence-corrected chi connectivity index (χ2v) is 37.8. The average Bonchev–Trinajstić information content (AvgIpc) is 1.56. The van der Waals surface area contributed by atoms with E-state index in [1.54, 1.807) is 30.3 Å². The van der Waals surface area contributed by atoms with Crippen molar-refractivity contribution in [1.29, 1.82) is 0 Å². The van der Waals surface area contributed by atoms with Crippen molar-refractivity contribution in [2.75, 3.05) is 55.0 Å². The second kappa shape index (κ2) is 41.2. The first-order valence-electron chi connectivity index (χ1n) is 48.3. The number of nitro benzene ring substituents is 2. The summed E-state index contributed by atoms with van der Waals surface area (Å²) in [4.78, 5) is 27.2. The van der Waals surface area contributed by atoms with Gasteiger partial charge in [-0.1, -0.05) is 237 Å². The van der Waals surface area contributed by atoms with E-state index in [1.165, 1.54) is 169 Å². The molecule has 142 heavy (non-hydrogen) atoms. The van der Waals surface area contributed by atoms with E-state index in [0.29, 0.717) is 0 Å². The Hall–Kier alpha value is -16.0. The molecule has 0 aliphatic carbocycles. The number of likely N-dealkylation sites (N-methyl/N-ethyl adjacent to an activating group) is 2. The summed E-state index contributed by atoms with van der Waals surface area (Å²) >= 11 is 0. The molecule has 4 N–H and O–H groups in total. The molecule has 4 aliphatic heterocycles. The summed E-state index contributed by atoms with van der Waals surface area (Å²) in [7, 11) is 4.52. The van der Waals surface area contributed by atoms with Crippen molar-refractivity contribution in [3.8, 4) is 23.0 Å². The van der Waals surface area contributed by atoms with Crippen LogP contribution >= 0.6 is 0 Å². The van der Waals surface area contributed by atoms with Gasteiger partial charge in [0.05, 0.1) is 20.7 Å². The Bertz CT molecular complexity index is 7490. The standard InChI is InChI=1S/C93H86N4.C16H18N4O4.C13H11N3O4.Co/c1-9-96-80-57-53-72-33-19-23-37-76(72)88(80)92(5,84(96)41-25-39-82-90(3,60-66-27-13-11-14-28-66)86-74-35-21-17-31-70(74)51-55-78(86)94(82)7)62-68-47-43-64(44-48-68)59-65-45-49-69(50-46-65)63-93(6)85(97(10-2)81-58-54-73-34-20-24-38-77(73)89(81)93)42-26-40-83-91(4,61-67-29-15-12-16-30-67)87-75-36-22-18-32-71(75)52-56-79(87)95(83)8;1-3-19(4-2)11-5-7-13(16(22)10-11)17-18-14-9-12(20(23)24)6-8-15(14)21;1-8-2-4-10(13(18)6-8)14-15-11-7-9(16(19)20)3-5-12(11)17;/h11-58H,9-10,59-63H2,1-8H3;5-10,21-22H,3-4H2,1-2H3;2-7,17-18H,1H3;/q+2;;;. The van der Waals surface area contributed by atoms with E-state index in [9.17, 15) is 40.7 Å². The SMILES string of the molecule is CCN(CC)c1ccc(N=Nc2cc([N+](=O)[O-])ccc2O)c(O)c1.CC[N+]1=C(/C=C/C=C2/N(C)c3ccc4ccccc4c3C2(C)Cc2ccccc2)C(C)(Cc2ccc(Cc3ccc(CC4(C)C(/C=C/C=C5/N(C)c6ccc7ccccc7c6C5(C)Cc5ccccc5)=[N+](CC)c5ccc6ccccc6c54)cc3)cc2)c2c1ccc1ccccc21.Cc1ccc(N=Nc2cc([N+](=O)[O-])ccc2O)c(O)c1.[Co]. The molecule has 20 rings (SSSR count). The first-order valence-corrected chi connectivity index (χ1v) is 48.3. The normalized spacial score (nSPS) is 17.9. The maximum Gasteiger partial charge on any atom is 0.271 e. The number of aryl methyl sites for hydroxylation is 1. The van der Waals surface area contributed by atoms with Crippen LogP contribution in [-0.4, -0.2) is 91.1 Å². The molecule has 20 heteroatoms. The Labute approximate surface area is 839 Å². The molecule has 4 atom stereocenters. The van der Waals surface area contributed by atoms with Crippen molar-refractivity contribution in [3.05, 3.63) is 457 Å². The fourth-order valence-corrected chi connectivity index (χ4v) is 22.1. The third kappa shape index (κ3) is 19.0. The number of fused-ring (bicyclic) bond motifs is 12. The van der Waals surface area contributed by atoms with Crippen molar-refractivity contribution in [2.24, 2.45) is 20.5 Å². The van der Waals surface area contributed by atoms with Crippen LogP contribution in [0.25, 0.3) is 43.1 Å². The summed E-state index contributed by atoms with van der Waals surface area (Å²) in [5, 5.41) is 86.0. The zero-order valence-electron chi connectivity index (χ0n) is 81.7. The Morgan fingerprint density at radius 3 is 1.07 bits per heavy atom. The number of azo groups is 2. The third-order valence-corrected chi connectivity index (χ3v) is 28.8. The van der Waals surface area contributed by atoms with Gasteiger partial charge in [-0.05, 0) is 260 Å². The fraction of sp³-hybridized carbons (Fsp3) is 0.197. The molecule has 0 amide bonds. The van der Waals surface area contributed by atoms with Gasteiger partial charge in [0.2, 0.25) is 11.4 Å². The van der Waals surface area contributed by atoms with Crippen molar-refractivity contribution < 1.29 is 56.2 Å². The van der Waals surface area contributed by atoms with Gasteiger partial charge >= 0.3 is 0 Å². The Kier molecular flexibility index (Phi) is 28.3. The van der Waals surface area contributed by atoms with Crippen LogP contribution in [0, 0.1) is 27.2 Å². The van der Waals surface area contributed by atoms with Crippen LogP contribution in [0.4, 0.5) is 62.6 Å². The van der Waals surface area contributed by atoms with Gasteiger partial charge in [-0.2, -0.15) is 9.15 Å². The predicted molar refractivity (Wildman–Crippen MR) is 573 cm³/mol. The van der Waals surface area contributed by atoms with Crippen LogP contribution in [0.3, 0.4) is 0 Å². The number of phenolic OH excluding ortho intramolecular Hbond substituents is 4. The minimum atomic E-state index is -0.595. The summed E-state index contributed by atoms with van der Waals surface area (Å²) in [6.45, 7) is 23.7. The Morgan fingerprint density at radius 1 is 0.359 bits per heavy atom. The van der Waals surface area contributed by atoms with Crippen LogP contribution in [0.2, 0.25) is 0 Å². The van der Waals surface area contributed by atoms with E-state index in [1.807, 2.05) is 20.8 Å². The third-order valence-electron chi connectivity index (χ3n) is 28.8. The number of hydrogen-bond acceptors (Lipinski definition) is 15. The molecule has 0 aromatic heterocycles. The monoisotopic (exact) mass is 1920 g/mol. The molecule has 0 bridgehead atoms. The maximum absolute atomic E-state index is 10.8. The van der Waals surface area contributed by atoms with Gasteiger partial charge in [0.1, 0.15) is 58.8 Å². The molecule has 4 aliphatic rings. The quantitative estimate of drug-likeness (QED) is 0.0182. The van der Waals surface area contributed by atoms with E-state index in [2.05, 4.69) is 391 Å². The van der Waals surface area contributed by atoms with Crippen molar-refractivity contribution in [1.82, 2.24) is 0 Å². The molecule has 4 heterocycles. The molecule has 1 radical (unpaired) electrons. The minimum absolute atomic E-state index is 0. The minimum Gasteiger partial charge on any atom is -0.506 e. The van der Waals surface area contributed by atoms with Gasteiger partial charge in [0.25, 0.3) is 11.4 Å². The van der Waals surface area contributed by atoms with E-state index >= 15 is 0 Å². The number of nitro groups is 2. The van der Waals surface area contributed by atoms with E-state index in [-0.39, 0.29) is 95.6 Å². The summed E-state index contributed by atoms with van der Waals surface area (Å²) in [5.41, 5.74) is 24.6. The van der Waals surface area contributed by atoms with E-state index in [4.69, 9.17) is 0 Å². The zero-order valence-corrected chi connectivity index (χ0v) is 82.7. The summed E-state index contributed by atoms with van der Waals surface area (Å²) < 4.78 is 5.16. The first-order chi connectivity index (χ1) is 68.2. The smallest absolute Gasteiger partial charge is 0.271 e. The summed E-state index contributed by atoms with van der Waals surface area (Å²) in [5.74, 6) is -0.582. The molecule has 0 fully saturated rings. The number of allylic oxidation sites excluding steroid dienone is 8. The van der Waals surface area contributed by atoms with Gasteiger partial charge in [-0.3, -0.25) is 20.2 Å². The number of anilines is 3. The zero-order chi connectivity index (χ0) is 98.6. The van der Waals surface area contributed by atoms with E-state index in [0.717, 1.165) is 87.7 Å². The molecule has 0 saturated heterocycles. The van der Waals surface area contributed by atoms with Crippen LogP contribution in [-0.2, 0) is 70.5 Å². The second-order valence-electron chi connectivity index (χ2n) is 37.8. The van der Waals surface area contributed by atoms with Crippen molar-refractivity contribution in [2.45, 2.75) is 116 Å². The molecular formula is C122H115CoN11O8+2. The molecule has 19 nitrogen and oxygen atoms in total. The van der Waals surface area contributed by atoms with Gasteiger partial charge in [-0.15, -0.1) is 20.5 Å². The van der Waals surface area contributed by atoms with Crippen LogP contribution < -0.4 is 14.7 Å². The van der Waals surface area contributed by atoms with Crippen molar-refractivity contribution in [3.63, 3.8) is 0 Å². The number of aromatic hydroxyl groups is 4. The van der Waals surface area contributed by atoms with Crippen LogP contribution in [0.1, 0.15) is 117 Å². The molecule has 16 aromatic carbocycles. The predicted octanol–water partition coefficient (Wildman–Crippen LogP) is 29.3. The maximum atomic E-state index is 10.8. The molecule has 713 valence electrons. The van der Waals surface area contributed by atoms with Crippen LogP contribution in [0.15, 0.2) is 396 Å². The van der Waals surface area contributed by atoms with Gasteiger partial charge in [0, 0.05) is 149 Å². The number of non-ortho nitro benzene ring substituents is 2. The molecule has 0 spiro atoms. The average molecular weight is 1920 g/mol. The topological polar surface area (TPSA) is 232 Å². The number of hydrogen-bond donors (Lipinski definition) is 4. The fourth-order valence-electron chi connectivity index (χ4n) is 22.1. The number of nitrogens with zero attached hydrogens (tertiary/aromatic N) is 11. The van der Waals surface area contributed by atoms with Crippen molar-refractivity contribution >= 4 is 117 Å². The van der Waals surface area contributed by atoms with Gasteiger partial charge in [-0.25, -0.2) is 0 Å². The van der Waals surface area contributed by atoms with Gasteiger partial charge < -0.3 is 35.1 Å². The first kappa shape index (κ1) is 97.6. The Morgan fingerprint density at radius 2 is 0.697 bits per heavy atom. The summed E-state index contributed by atoms with van der Waals surface area (Å²) in [6.07, 6.45) is 18.9. The molecule has 16 aromatic rings. The summed E-state index contributed by atoms with van der Waals surface area (Å²) in [6, 6.07) is 112. The molecule has 0 saturated carbocycles. The van der Waals surface area contributed by atoms with Gasteiger partial charge in [0.15, 0.2) is 11.4 Å². The number of rotatable bonds is 25. The molecular weight excluding hydrogens is 1810 g/mol.